The molecule has 1 aliphatic rings. The van der Waals surface area contributed by atoms with E-state index in [0.717, 1.165) is 19.3 Å². The smallest absolute Gasteiger partial charge is 0.344 e. The van der Waals surface area contributed by atoms with Gasteiger partial charge in [-0.15, -0.1) is 0 Å². The summed E-state index contributed by atoms with van der Waals surface area (Å²) < 4.78 is 10.4. The second kappa shape index (κ2) is 7.25. The van der Waals surface area contributed by atoms with Crippen LogP contribution in [0.15, 0.2) is 36.5 Å². The van der Waals surface area contributed by atoms with Crippen LogP contribution in [0.5, 0.6) is 5.88 Å². The van der Waals surface area contributed by atoms with Gasteiger partial charge in [-0.05, 0) is 55.5 Å². The Hall–Kier alpha value is -2.69. The molecule has 1 aromatic heterocycles. The third-order valence-corrected chi connectivity index (χ3v) is 4.03. The lowest BCUT2D eigenvalue weighted by Crippen LogP contribution is -2.15. The number of esters is 1. The van der Waals surface area contributed by atoms with Crippen LogP contribution in [-0.4, -0.2) is 30.0 Å². The highest BCUT2D eigenvalue weighted by Crippen LogP contribution is 2.23. The second-order valence-electron chi connectivity index (χ2n) is 5.63. The Morgan fingerprint density at radius 1 is 1.17 bits per heavy atom. The Morgan fingerprint density at radius 3 is 2.83 bits per heavy atom. The molecule has 24 heavy (non-hydrogen) atoms. The maximum atomic E-state index is 12.3. The van der Waals surface area contributed by atoms with Gasteiger partial charge in [-0.2, -0.15) is 0 Å². The molecule has 0 saturated heterocycles. The van der Waals surface area contributed by atoms with Gasteiger partial charge in [0.2, 0.25) is 5.88 Å². The monoisotopic (exact) mass is 325 g/mol. The Bertz CT molecular complexity index is 770. The molecule has 0 N–H and O–H groups in total. The van der Waals surface area contributed by atoms with Gasteiger partial charge in [0, 0.05) is 11.8 Å². The van der Waals surface area contributed by atoms with Crippen LogP contribution in [0.3, 0.4) is 0 Å². The minimum Gasteiger partial charge on any atom is -0.477 e. The molecule has 1 aromatic carbocycles. The zero-order valence-corrected chi connectivity index (χ0v) is 13.6. The SMILES string of the molecule is CCOc1ncccc1C(=O)OCC(=O)c1ccc2c(c1)CCC2. The van der Waals surface area contributed by atoms with Crippen molar-refractivity contribution in [1.29, 1.82) is 0 Å². The molecule has 0 radical (unpaired) electrons. The zero-order valence-electron chi connectivity index (χ0n) is 13.6. The lowest BCUT2D eigenvalue weighted by molar-refractivity contribution is 0.0470. The van der Waals surface area contributed by atoms with E-state index in [-0.39, 0.29) is 23.8 Å². The molecule has 2 aromatic rings. The first-order valence-corrected chi connectivity index (χ1v) is 8.09. The minimum absolute atomic E-state index is 0.208. The number of ketones is 1. The van der Waals surface area contributed by atoms with E-state index in [0.29, 0.717) is 12.2 Å². The van der Waals surface area contributed by atoms with Gasteiger partial charge in [0.25, 0.3) is 0 Å². The van der Waals surface area contributed by atoms with Gasteiger partial charge in [0.1, 0.15) is 5.56 Å². The maximum absolute atomic E-state index is 12.3. The fourth-order valence-electron chi connectivity index (χ4n) is 2.84. The van der Waals surface area contributed by atoms with Crippen molar-refractivity contribution in [1.82, 2.24) is 4.98 Å². The summed E-state index contributed by atoms with van der Waals surface area (Å²) in [4.78, 5) is 28.4. The quantitative estimate of drug-likeness (QED) is 0.603. The molecule has 0 fully saturated rings. The molecule has 0 amide bonds. The summed E-state index contributed by atoms with van der Waals surface area (Å²) in [5, 5.41) is 0. The van der Waals surface area contributed by atoms with Gasteiger partial charge in [-0.25, -0.2) is 9.78 Å². The van der Waals surface area contributed by atoms with Gasteiger partial charge in [0.15, 0.2) is 12.4 Å². The Kier molecular flexibility index (Phi) is 4.89. The number of hydrogen-bond acceptors (Lipinski definition) is 5. The molecule has 0 unspecified atom stereocenters. The summed E-state index contributed by atoms with van der Waals surface area (Å²) in [6, 6.07) is 8.90. The number of pyridine rings is 1. The molecule has 0 spiro atoms. The molecule has 124 valence electrons. The highest BCUT2D eigenvalue weighted by Gasteiger charge is 2.18. The van der Waals surface area contributed by atoms with Gasteiger partial charge < -0.3 is 9.47 Å². The van der Waals surface area contributed by atoms with Crippen molar-refractivity contribution >= 4 is 11.8 Å². The highest BCUT2D eigenvalue weighted by atomic mass is 16.5. The van der Waals surface area contributed by atoms with Crippen molar-refractivity contribution < 1.29 is 19.1 Å². The summed E-state index contributed by atoms with van der Waals surface area (Å²) in [7, 11) is 0. The molecule has 5 nitrogen and oxygen atoms in total. The number of aryl methyl sites for hydroxylation is 2. The first-order chi connectivity index (χ1) is 11.7. The van der Waals surface area contributed by atoms with E-state index >= 15 is 0 Å². The number of aromatic nitrogens is 1. The number of carbonyl (C=O) groups is 2. The molecule has 1 heterocycles. The van der Waals surface area contributed by atoms with Gasteiger partial charge >= 0.3 is 5.97 Å². The minimum atomic E-state index is -0.610. The predicted octanol–water partition coefficient (Wildman–Crippen LogP) is 3.01. The summed E-state index contributed by atoms with van der Waals surface area (Å²) >= 11 is 0. The predicted molar refractivity (Wildman–Crippen MR) is 88.5 cm³/mol. The molecule has 3 rings (SSSR count). The lowest BCUT2D eigenvalue weighted by Gasteiger charge is -2.09. The number of fused-ring (bicyclic) bond motifs is 1. The fraction of sp³-hybridized carbons (Fsp3) is 0.316. The van der Waals surface area contributed by atoms with Crippen LogP contribution >= 0.6 is 0 Å². The standard InChI is InChI=1S/C19H19NO4/c1-2-23-18-16(7-4-10-20-18)19(22)24-12-17(21)15-9-8-13-5-3-6-14(13)11-15/h4,7-11H,2-3,5-6,12H2,1H3. The van der Waals surface area contributed by atoms with Crippen LogP contribution in [0.4, 0.5) is 0 Å². The number of nitrogens with zero attached hydrogens (tertiary/aromatic N) is 1. The van der Waals surface area contributed by atoms with Crippen LogP contribution < -0.4 is 4.74 Å². The molecular formula is C19H19NO4. The number of carbonyl (C=O) groups excluding carboxylic acids is 2. The molecule has 1 aliphatic carbocycles. The summed E-state index contributed by atoms with van der Waals surface area (Å²) in [5.74, 6) is -0.601. The van der Waals surface area contributed by atoms with Crippen LogP contribution in [-0.2, 0) is 17.6 Å². The van der Waals surface area contributed by atoms with Gasteiger partial charge in [0.05, 0.1) is 6.61 Å². The average molecular weight is 325 g/mol. The molecular weight excluding hydrogens is 306 g/mol. The molecule has 0 aliphatic heterocycles. The first kappa shape index (κ1) is 16.2. The highest BCUT2D eigenvalue weighted by molar-refractivity contribution is 6.00. The normalized spacial score (nSPS) is 12.5. The number of benzene rings is 1. The molecule has 0 bridgehead atoms. The van der Waals surface area contributed by atoms with Crippen molar-refractivity contribution in [3.8, 4) is 5.88 Å². The van der Waals surface area contributed by atoms with E-state index in [4.69, 9.17) is 9.47 Å². The van der Waals surface area contributed by atoms with E-state index in [1.54, 1.807) is 25.1 Å². The largest absolute Gasteiger partial charge is 0.477 e. The third kappa shape index (κ3) is 3.45. The van der Waals surface area contributed by atoms with E-state index in [2.05, 4.69) is 4.98 Å². The topological polar surface area (TPSA) is 65.5 Å². The van der Waals surface area contributed by atoms with Gasteiger partial charge in [-0.3, -0.25) is 4.79 Å². The van der Waals surface area contributed by atoms with Crippen LogP contribution in [0.1, 0.15) is 45.2 Å². The number of ether oxygens (including phenoxy) is 2. The summed E-state index contributed by atoms with van der Waals surface area (Å²) in [6.07, 6.45) is 4.74. The second-order valence-corrected chi connectivity index (χ2v) is 5.63. The average Bonchev–Trinajstić information content (AvgIpc) is 3.08. The first-order valence-electron chi connectivity index (χ1n) is 8.09. The van der Waals surface area contributed by atoms with Crippen molar-refractivity contribution in [3.63, 3.8) is 0 Å². The van der Waals surface area contributed by atoms with E-state index in [9.17, 15) is 9.59 Å². The molecule has 0 atom stereocenters. The summed E-state index contributed by atoms with van der Waals surface area (Å²) in [6.45, 7) is 1.91. The number of Topliss-reactive ketones (excluding diaryl/α,β-unsaturated/α-hetero) is 1. The van der Waals surface area contributed by atoms with Crippen molar-refractivity contribution in [2.24, 2.45) is 0 Å². The Labute approximate surface area is 140 Å². The Balaban J connectivity index is 1.65. The molecule has 5 heteroatoms. The zero-order chi connectivity index (χ0) is 16.9. The van der Waals surface area contributed by atoms with Gasteiger partial charge in [-0.1, -0.05) is 12.1 Å². The fourth-order valence-corrected chi connectivity index (χ4v) is 2.84. The van der Waals surface area contributed by atoms with Crippen LogP contribution in [0, 0.1) is 0 Å². The number of hydrogen-bond donors (Lipinski definition) is 0. The Morgan fingerprint density at radius 2 is 2.00 bits per heavy atom. The van der Waals surface area contributed by atoms with E-state index in [1.165, 1.54) is 17.3 Å². The molecule has 0 saturated carbocycles. The van der Waals surface area contributed by atoms with Crippen molar-refractivity contribution in [3.05, 3.63) is 58.8 Å². The maximum Gasteiger partial charge on any atom is 0.344 e. The van der Waals surface area contributed by atoms with Crippen molar-refractivity contribution in [2.75, 3.05) is 13.2 Å². The van der Waals surface area contributed by atoms with Crippen LogP contribution in [0.25, 0.3) is 0 Å². The van der Waals surface area contributed by atoms with E-state index < -0.39 is 5.97 Å². The summed E-state index contributed by atoms with van der Waals surface area (Å²) in [5.41, 5.74) is 3.33. The number of rotatable bonds is 6. The van der Waals surface area contributed by atoms with E-state index in [1.807, 2.05) is 12.1 Å². The van der Waals surface area contributed by atoms with Crippen LogP contribution in [0.2, 0.25) is 0 Å². The van der Waals surface area contributed by atoms with Crippen molar-refractivity contribution in [2.45, 2.75) is 26.2 Å². The lowest BCUT2D eigenvalue weighted by atomic mass is 10.0. The third-order valence-electron chi connectivity index (χ3n) is 4.03.